The molecule has 0 unspecified atom stereocenters. The van der Waals surface area contributed by atoms with Crippen LogP contribution in [0.4, 0.5) is 0 Å². The minimum atomic E-state index is 0.795. The van der Waals surface area contributed by atoms with Crippen LogP contribution in [-0.4, -0.2) is 9.97 Å². The van der Waals surface area contributed by atoms with Crippen molar-refractivity contribution in [2.75, 3.05) is 0 Å². The van der Waals surface area contributed by atoms with Gasteiger partial charge in [0.05, 0.1) is 20.6 Å². The summed E-state index contributed by atoms with van der Waals surface area (Å²) in [4.78, 5) is 10.7. The molecule has 4 aromatic heterocycles. The first kappa shape index (κ1) is 20.6. The quantitative estimate of drug-likeness (QED) is 0.248. The number of thiophene rings is 2. The van der Waals surface area contributed by atoms with Crippen molar-refractivity contribution >= 4 is 63.8 Å². The molecule has 0 saturated heterocycles. The molecular weight excluding hydrogens is 468 g/mol. The number of ether oxygens (including phenoxy) is 1. The van der Waals surface area contributed by atoms with Gasteiger partial charge in [0, 0.05) is 43.7 Å². The largest absolute Gasteiger partial charge is 0.457 e. The van der Waals surface area contributed by atoms with Crippen LogP contribution in [0.15, 0.2) is 85.2 Å². The number of benzene rings is 3. The number of rotatable bonds is 3. The van der Waals surface area contributed by atoms with Crippen LogP contribution < -0.4 is 4.74 Å². The second-order valence-corrected chi connectivity index (χ2v) is 11.0. The maximum Gasteiger partial charge on any atom is 0.136 e. The Morgan fingerprint density at radius 2 is 1.57 bits per heavy atom. The van der Waals surface area contributed by atoms with Gasteiger partial charge in [-0.25, -0.2) is 0 Å². The van der Waals surface area contributed by atoms with E-state index in [2.05, 4.69) is 73.4 Å². The van der Waals surface area contributed by atoms with E-state index < -0.39 is 0 Å². The third-order valence-electron chi connectivity index (χ3n) is 6.62. The zero-order valence-electron chi connectivity index (χ0n) is 19.2. The van der Waals surface area contributed by atoms with E-state index >= 15 is 0 Å². The van der Waals surface area contributed by atoms with Crippen LogP contribution >= 0.6 is 22.7 Å². The van der Waals surface area contributed by atoms with Crippen molar-refractivity contribution in [1.29, 1.82) is 0 Å². The summed E-state index contributed by atoms with van der Waals surface area (Å²) in [5.41, 5.74) is 4.42. The number of pyridine rings is 2. The first-order chi connectivity index (χ1) is 17.2. The highest BCUT2D eigenvalue weighted by Crippen LogP contribution is 2.43. The van der Waals surface area contributed by atoms with Crippen molar-refractivity contribution in [1.82, 2.24) is 9.97 Å². The molecule has 3 nitrogen and oxygen atoms in total. The van der Waals surface area contributed by atoms with Crippen molar-refractivity contribution in [3.8, 4) is 22.8 Å². The van der Waals surface area contributed by atoms with Crippen LogP contribution in [0.25, 0.3) is 52.4 Å². The summed E-state index contributed by atoms with van der Waals surface area (Å²) < 4.78 is 10.2. The Balaban J connectivity index is 1.39. The molecule has 168 valence electrons. The van der Waals surface area contributed by atoms with Crippen molar-refractivity contribution in [2.45, 2.75) is 13.8 Å². The normalized spacial score (nSPS) is 11.7. The molecule has 0 N–H and O–H groups in total. The predicted molar refractivity (Wildman–Crippen MR) is 149 cm³/mol. The summed E-state index contributed by atoms with van der Waals surface area (Å²) in [5.74, 6) is 1.63. The van der Waals surface area contributed by atoms with Crippen molar-refractivity contribution in [3.05, 3.63) is 95.6 Å². The average molecular weight is 489 g/mol. The molecule has 0 saturated carbocycles. The van der Waals surface area contributed by atoms with Gasteiger partial charge in [-0.1, -0.05) is 36.4 Å². The summed E-state index contributed by atoms with van der Waals surface area (Å²) in [7, 11) is 0. The number of nitrogens with zero attached hydrogens (tertiary/aromatic N) is 2. The second-order valence-electron chi connectivity index (χ2n) is 8.70. The number of aromatic nitrogens is 2. The minimum Gasteiger partial charge on any atom is -0.457 e. The fourth-order valence-corrected chi connectivity index (χ4v) is 7.12. The third-order valence-corrected chi connectivity index (χ3v) is 9.05. The van der Waals surface area contributed by atoms with Crippen LogP contribution in [-0.2, 0) is 0 Å². The van der Waals surface area contributed by atoms with Crippen LogP contribution in [0.1, 0.15) is 10.4 Å². The van der Waals surface area contributed by atoms with Crippen LogP contribution in [0.5, 0.6) is 11.5 Å². The van der Waals surface area contributed by atoms with Gasteiger partial charge in [-0.2, -0.15) is 0 Å². The maximum atomic E-state index is 6.57. The fraction of sp³-hybridized carbons (Fsp3) is 0.0667. The number of fused-ring (bicyclic) bond motifs is 6. The predicted octanol–water partition coefficient (Wildman–Crippen LogP) is 9.29. The second kappa shape index (κ2) is 7.87. The van der Waals surface area contributed by atoms with E-state index in [9.17, 15) is 0 Å². The Morgan fingerprint density at radius 1 is 0.686 bits per heavy atom. The molecule has 7 aromatic rings. The van der Waals surface area contributed by atoms with Gasteiger partial charge in [-0.05, 0) is 61.2 Å². The number of hydrogen-bond acceptors (Lipinski definition) is 5. The highest BCUT2D eigenvalue weighted by atomic mass is 32.1. The fourth-order valence-electron chi connectivity index (χ4n) is 4.78. The zero-order valence-corrected chi connectivity index (χ0v) is 20.8. The monoisotopic (exact) mass is 488 g/mol. The molecular formula is C30H20N2OS2. The molecule has 5 heteroatoms. The van der Waals surface area contributed by atoms with Crippen molar-refractivity contribution < 1.29 is 4.74 Å². The first-order valence-corrected chi connectivity index (χ1v) is 13.1. The Bertz CT molecular complexity index is 1920. The smallest absolute Gasteiger partial charge is 0.136 e. The third kappa shape index (κ3) is 3.23. The van der Waals surface area contributed by atoms with E-state index in [1.165, 1.54) is 35.3 Å². The lowest BCUT2D eigenvalue weighted by Crippen LogP contribution is -1.89. The molecule has 7 rings (SSSR count). The zero-order chi connectivity index (χ0) is 23.5. The van der Waals surface area contributed by atoms with E-state index in [1.807, 2.05) is 30.6 Å². The Kier molecular flexibility index (Phi) is 4.62. The van der Waals surface area contributed by atoms with Gasteiger partial charge < -0.3 is 4.74 Å². The van der Waals surface area contributed by atoms with E-state index in [1.54, 1.807) is 22.7 Å². The molecule has 4 heterocycles. The standard InChI is InChI=1S/C30H20N2OS2/c1-17-18(2)34-30-21(17)12-14-32-27(30)19-7-5-8-20(15-19)33-25-16-24-28-26(11-6-13-31-28)35-29(24)23-10-4-3-9-22(23)25/h3-16H,1-2H3. The molecule has 0 amide bonds. The molecule has 0 atom stereocenters. The molecule has 0 bridgehead atoms. The van der Waals surface area contributed by atoms with Gasteiger partial charge in [-0.3, -0.25) is 9.97 Å². The minimum absolute atomic E-state index is 0.795. The molecule has 0 radical (unpaired) electrons. The molecule has 0 spiro atoms. The maximum absolute atomic E-state index is 6.57. The average Bonchev–Trinajstić information content (AvgIpc) is 3.41. The molecule has 0 fully saturated rings. The Morgan fingerprint density at radius 3 is 2.49 bits per heavy atom. The highest BCUT2D eigenvalue weighted by molar-refractivity contribution is 7.26. The summed E-state index contributed by atoms with van der Waals surface area (Å²) >= 11 is 3.59. The van der Waals surface area contributed by atoms with Gasteiger partial charge in [0.2, 0.25) is 0 Å². The lowest BCUT2D eigenvalue weighted by Gasteiger charge is -2.12. The van der Waals surface area contributed by atoms with Gasteiger partial charge in [0.25, 0.3) is 0 Å². The lowest BCUT2D eigenvalue weighted by atomic mass is 10.1. The SMILES string of the molecule is Cc1sc2c(-c3cccc(Oc4cc5c6ncccc6sc5c5ccccc45)c3)nccc2c1C. The Hall–Kier alpha value is -3.80. The molecule has 3 aromatic carbocycles. The first-order valence-electron chi connectivity index (χ1n) is 11.5. The summed E-state index contributed by atoms with van der Waals surface area (Å²) in [6, 6.07) is 25.1. The van der Waals surface area contributed by atoms with Crippen LogP contribution in [0.2, 0.25) is 0 Å². The summed E-state index contributed by atoms with van der Waals surface area (Å²) in [6.45, 7) is 4.36. The molecule has 35 heavy (non-hydrogen) atoms. The summed E-state index contributed by atoms with van der Waals surface area (Å²) in [5, 5.41) is 4.69. The highest BCUT2D eigenvalue weighted by Gasteiger charge is 2.15. The van der Waals surface area contributed by atoms with Gasteiger partial charge >= 0.3 is 0 Å². The molecule has 0 aliphatic carbocycles. The van der Waals surface area contributed by atoms with E-state index in [0.29, 0.717) is 0 Å². The molecule has 0 aliphatic heterocycles. The van der Waals surface area contributed by atoms with Crippen molar-refractivity contribution in [3.63, 3.8) is 0 Å². The molecule has 0 aliphatic rings. The van der Waals surface area contributed by atoms with E-state index in [0.717, 1.165) is 39.0 Å². The topological polar surface area (TPSA) is 35.0 Å². The van der Waals surface area contributed by atoms with E-state index in [4.69, 9.17) is 9.72 Å². The van der Waals surface area contributed by atoms with Crippen molar-refractivity contribution in [2.24, 2.45) is 0 Å². The van der Waals surface area contributed by atoms with E-state index in [-0.39, 0.29) is 0 Å². The Labute approximate surface area is 210 Å². The van der Waals surface area contributed by atoms with Gasteiger partial charge in [0.15, 0.2) is 0 Å². The van der Waals surface area contributed by atoms with Gasteiger partial charge in [0.1, 0.15) is 11.5 Å². The number of aryl methyl sites for hydroxylation is 2. The summed E-state index contributed by atoms with van der Waals surface area (Å²) in [6.07, 6.45) is 3.76. The van der Waals surface area contributed by atoms with Crippen LogP contribution in [0, 0.1) is 13.8 Å². The lowest BCUT2D eigenvalue weighted by molar-refractivity contribution is 0.489. The number of hydrogen-bond donors (Lipinski definition) is 0. The van der Waals surface area contributed by atoms with Crippen LogP contribution in [0.3, 0.4) is 0 Å². The van der Waals surface area contributed by atoms with Gasteiger partial charge in [-0.15, -0.1) is 22.7 Å².